The first-order valence-electron chi connectivity index (χ1n) is 8.11. The summed E-state index contributed by atoms with van der Waals surface area (Å²) in [6, 6.07) is 8.56. The van der Waals surface area contributed by atoms with Gasteiger partial charge in [0.15, 0.2) is 4.96 Å². The van der Waals surface area contributed by atoms with E-state index < -0.39 is 12.0 Å². The van der Waals surface area contributed by atoms with E-state index >= 15 is 0 Å². The second kappa shape index (κ2) is 6.03. The van der Waals surface area contributed by atoms with Crippen LogP contribution in [0.4, 0.5) is 0 Å². The molecule has 1 fully saturated rings. The molecule has 5 nitrogen and oxygen atoms in total. The summed E-state index contributed by atoms with van der Waals surface area (Å²) in [4.78, 5) is 17.3. The first-order chi connectivity index (χ1) is 11.6. The zero-order valence-corrected chi connectivity index (χ0v) is 14.2. The average molecular weight is 341 g/mol. The van der Waals surface area contributed by atoms with Gasteiger partial charge >= 0.3 is 5.97 Å². The number of hydrogen-bond acceptors (Lipinski definition) is 4. The van der Waals surface area contributed by atoms with E-state index in [1.54, 1.807) is 11.3 Å². The molecule has 1 saturated carbocycles. The van der Waals surface area contributed by atoms with Crippen LogP contribution in [-0.4, -0.2) is 20.5 Å². The second-order valence-electron chi connectivity index (χ2n) is 6.26. The summed E-state index contributed by atoms with van der Waals surface area (Å²) in [5.74, 6) is -0.233. The number of carboxylic acid groups (broad SMARTS) is 1. The van der Waals surface area contributed by atoms with Crippen molar-refractivity contribution in [1.82, 2.24) is 14.7 Å². The monoisotopic (exact) mass is 341 g/mol. The number of fused-ring (bicyclic) bond motifs is 1. The zero-order valence-electron chi connectivity index (χ0n) is 13.4. The number of aliphatic carboxylic acids is 1. The number of rotatable bonds is 6. The van der Waals surface area contributed by atoms with Crippen LogP contribution >= 0.6 is 11.3 Å². The molecule has 1 aliphatic rings. The van der Waals surface area contributed by atoms with Crippen molar-refractivity contribution < 1.29 is 9.90 Å². The maximum Gasteiger partial charge on any atom is 0.325 e. The Labute approximate surface area is 144 Å². The Kier molecular flexibility index (Phi) is 3.86. The third kappa shape index (κ3) is 2.72. The summed E-state index contributed by atoms with van der Waals surface area (Å²) in [5.41, 5.74) is 4.11. The largest absolute Gasteiger partial charge is 0.480 e. The van der Waals surface area contributed by atoms with Crippen LogP contribution < -0.4 is 5.32 Å². The van der Waals surface area contributed by atoms with Gasteiger partial charge in [0.1, 0.15) is 6.04 Å². The lowest BCUT2D eigenvalue weighted by Crippen LogP contribution is -2.28. The molecule has 0 radical (unpaired) electrons. The number of thiazole rings is 1. The van der Waals surface area contributed by atoms with Gasteiger partial charge in [0.05, 0.1) is 11.4 Å². The molecule has 0 spiro atoms. The molecule has 0 amide bonds. The molecule has 0 aliphatic heterocycles. The molecular formula is C18H19N3O2S. The van der Waals surface area contributed by atoms with Gasteiger partial charge in [-0.15, -0.1) is 11.3 Å². The summed E-state index contributed by atoms with van der Waals surface area (Å²) in [7, 11) is 0. The number of nitrogens with zero attached hydrogens (tertiary/aromatic N) is 2. The van der Waals surface area contributed by atoms with Crippen molar-refractivity contribution in [3.63, 3.8) is 0 Å². The van der Waals surface area contributed by atoms with Crippen molar-refractivity contribution in [2.45, 2.75) is 38.3 Å². The molecule has 0 saturated heterocycles. The van der Waals surface area contributed by atoms with Gasteiger partial charge in [0.2, 0.25) is 0 Å². The van der Waals surface area contributed by atoms with E-state index in [0.717, 1.165) is 21.9 Å². The molecule has 2 heterocycles. The predicted octanol–water partition coefficient (Wildman–Crippen LogP) is 3.50. The molecule has 2 N–H and O–H groups in total. The minimum Gasteiger partial charge on any atom is -0.480 e. The van der Waals surface area contributed by atoms with E-state index in [1.165, 1.54) is 18.5 Å². The molecule has 1 aromatic carbocycles. The molecule has 4 rings (SSSR count). The van der Waals surface area contributed by atoms with E-state index in [2.05, 4.69) is 20.1 Å². The van der Waals surface area contributed by atoms with E-state index in [-0.39, 0.29) is 0 Å². The van der Waals surface area contributed by atoms with Crippen LogP contribution in [0.2, 0.25) is 0 Å². The van der Waals surface area contributed by atoms with E-state index in [4.69, 9.17) is 0 Å². The van der Waals surface area contributed by atoms with Crippen LogP contribution in [0.5, 0.6) is 0 Å². The fourth-order valence-electron chi connectivity index (χ4n) is 3.10. The lowest BCUT2D eigenvalue weighted by atomic mass is 10.1. The van der Waals surface area contributed by atoms with Crippen molar-refractivity contribution >= 4 is 22.3 Å². The average Bonchev–Trinajstić information content (AvgIpc) is 3.26. The van der Waals surface area contributed by atoms with Crippen LogP contribution in [0, 0.1) is 6.92 Å². The van der Waals surface area contributed by atoms with Crippen LogP contribution in [0.15, 0.2) is 35.7 Å². The van der Waals surface area contributed by atoms with E-state index in [0.29, 0.717) is 12.5 Å². The Balaban J connectivity index is 1.63. The standard InChI is InChI=1S/C18H19N3O2S/c1-11-14(21-15(12-7-8-12)10-24-18(21)20-11)9-19-16(17(22)23)13-5-3-2-4-6-13/h2-6,10,12,16,19H,7-9H2,1H3,(H,22,23)/t16-/m1/s1. The van der Waals surface area contributed by atoms with Gasteiger partial charge in [-0.25, -0.2) is 4.98 Å². The van der Waals surface area contributed by atoms with Gasteiger partial charge in [-0.05, 0) is 25.3 Å². The molecule has 1 aliphatic carbocycles. The number of benzene rings is 1. The van der Waals surface area contributed by atoms with Crippen molar-refractivity contribution in [3.8, 4) is 0 Å². The first-order valence-corrected chi connectivity index (χ1v) is 8.99. The molecule has 24 heavy (non-hydrogen) atoms. The number of aromatic nitrogens is 2. The highest BCUT2D eigenvalue weighted by Gasteiger charge is 2.29. The smallest absolute Gasteiger partial charge is 0.325 e. The van der Waals surface area contributed by atoms with E-state index in [1.807, 2.05) is 37.3 Å². The molecule has 1 atom stereocenters. The Morgan fingerprint density at radius 1 is 1.42 bits per heavy atom. The minimum absolute atomic E-state index is 0.481. The highest BCUT2D eigenvalue weighted by atomic mass is 32.1. The molecule has 0 unspecified atom stereocenters. The summed E-state index contributed by atoms with van der Waals surface area (Å²) in [5, 5.41) is 14.9. The van der Waals surface area contributed by atoms with Crippen molar-refractivity contribution in [2.24, 2.45) is 0 Å². The third-order valence-corrected chi connectivity index (χ3v) is 5.38. The topological polar surface area (TPSA) is 66.6 Å². The number of carbonyl (C=O) groups is 1. The van der Waals surface area contributed by atoms with Crippen molar-refractivity contribution in [1.29, 1.82) is 0 Å². The number of imidazole rings is 1. The Bertz CT molecular complexity index is 880. The number of hydrogen-bond donors (Lipinski definition) is 2. The molecule has 2 aromatic heterocycles. The van der Waals surface area contributed by atoms with Gasteiger partial charge in [-0.2, -0.15) is 0 Å². The van der Waals surface area contributed by atoms with Gasteiger partial charge in [-0.3, -0.25) is 14.5 Å². The summed E-state index contributed by atoms with van der Waals surface area (Å²) >= 11 is 1.66. The molecule has 6 heteroatoms. The fraction of sp³-hybridized carbons (Fsp3) is 0.333. The van der Waals surface area contributed by atoms with Crippen molar-refractivity contribution in [3.05, 3.63) is 58.4 Å². The summed E-state index contributed by atoms with van der Waals surface area (Å²) in [6.07, 6.45) is 2.47. The van der Waals surface area contributed by atoms with Crippen LogP contribution in [0.25, 0.3) is 4.96 Å². The second-order valence-corrected chi connectivity index (χ2v) is 7.10. The SMILES string of the molecule is Cc1nc2scc(C3CC3)n2c1CN[C@@H](C(=O)O)c1ccccc1. The summed E-state index contributed by atoms with van der Waals surface area (Å²) < 4.78 is 2.22. The van der Waals surface area contributed by atoms with E-state index in [9.17, 15) is 9.90 Å². The van der Waals surface area contributed by atoms with Gasteiger partial charge < -0.3 is 5.11 Å². The number of aryl methyl sites for hydroxylation is 1. The zero-order chi connectivity index (χ0) is 16.7. The van der Waals surface area contributed by atoms with Crippen LogP contribution in [0.3, 0.4) is 0 Å². The lowest BCUT2D eigenvalue weighted by Gasteiger charge is -2.15. The molecule has 0 bridgehead atoms. The summed E-state index contributed by atoms with van der Waals surface area (Å²) in [6.45, 7) is 2.47. The normalized spacial score (nSPS) is 15.7. The predicted molar refractivity (Wildman–Crippen MR) is 93.4 cm³/mol. The number of carboxylic acids is 1. The van der Waals surface area contributed by atoms with Crippen LogP contribution in [-0.2, 0) is 11.3 Å². The van der Waals surface area contributed by atoms with Crippen molar-refractivity contribution in [2.75, 3.05) is 0 Å². The van der Waals surface area contributed by atoms with Crippen LogP contribution in [0.1, 0.15) is 47.4 Å². The highest BCUT2D eigenvalue weighted by Crippen LogP contribution is 2.42. The maximum absolute atomic E-state index is 11.7. The van der Waals surface area contributed by atoms with Gasteiger partial charge in [0, 0.05) is 23.5 Å². The minimum atomic E-state index is -0.868. The Morgan fingerprint density at radius 2 is 2.17 bits per heavy atom. The van der Waals surface area contributed by atoms with Gasteiger partial charge in [-0.1, -0.05) is 30.3 Å². The number of nitrogens with one attached hydrogen (secondary N) is 1. The molecular weight excluding hydrogens is 322 g/mol. The lowest BCUT2D eigenvalue weighted by molar-refractivity contribution is -0.139. The third-order valence-electron chi connectivity index (χ3n) is 4.53. The highest BCUT2D eigenvalue weighted by molar-refractivity contribution is 7.15. The van der Waals surface area contributed by atoms with Gasteiger partial charge in [0.25, 0.3) is 0 Å². The Hall–Kier alpha value is -2.18. The first kappa shape index (κ1) is 15.4. The Morgan fingerprint density at radius 3 is 2.83 bits per heavy atom. The molecule has 3 aromatic rings. The quantitative estimate of drug-likeness (QED) is 0.720. The fourth-order valence-corrected chi connectivity index (χ4v) is 4.14. The maximum atomic E-state index is 11.7. The molecule has 124 valence electrons.